The molecule has 1 aromatic heterocycles. The van der Waals surface area contributed by atoms with Crippen LogP contribution in [-0.4, -0.2) is 4.57 Å². The maximum Gasteiger partial charge on any atom is 0.0541 e. The molecule has 0 aliphatic heterocycles. The smallest absolute Gasteiger partial charge is 0.0541 e. The number of benzene rings is 9. The summed E-state index contributed by atoms with van der Waals surface area (Å²) < 4.78 is 2.41. The Morgan fingerprint density at radius 3 is 1.62 bits per heavy atom. The average Bonchev–Trinajstić information content (AvgIpc) is 3.56. The Balaban J connectivity index is 1.16. The highest BCUT2D eigenvalue weighted by Gasteiger charge is 2.20. The molecule has 0 aliphatic rings. The number of aromatic nitrogens is 1. The molecule has 0 unspecified atom stereocenters. The number of nitrogens with zero attached hydrogens (tertiary/aromatic N) is 2. The zero-order valence-corrected chi connectivity index (χ0v) is 28.5. The summed E-state index contributed by atoms with van der Waals surface area (Å²) in [5.41, 5.74) is 11.7. The van der Waals surface area contributed by atoms with Gasteiger partial charge in [-0.3, -0.25) is 0 Å². The van der Waals surface area contributed by atoms with Crippen LogP contribution in [0.4, 0.5) is 17.1 Å². The van der Waals surface area contributed by atoms with Crippen LogP contribution < -0.4 is 4.90 Å². The van der Waals surface area contributed by atoms with Gasteiger partial charge in [0.1, 0.15) is 0 Å². The van der Waals surface area contributed by atoms with Gasteiger partial charge in [-0.1, -0.05) is 158 Å². The van der Waals surface area contributed by atoms with E-state index in [2.05, 4.69) is 216 Å². The predicted molar refractivity (Wildman–Crippen MR) is 221 cm³/mol. The summed E-state index contributed by atoms with van der Waals surface area (Å²) >= 11 is 0. The van der Waals surface area contributed by atoms with Crippen LogP contribution >= 0.6 is 0 Å². The molecule has 0 spiro atoms. The highest BCUT2D eigenvalue weighted by atomic mass is 15.1. The number of hydrogen-bond acceptors (Lipinski definition) is 1. The third-order valence-electron chi connectivity index (χ3n) is 10.4. The minimum Gasteiger partial charge on any atom is -0.309 e. The van der Waals surface area contributed by atoms with E-state index in [0.29, 0.717) is 0 Å². The number of para-hydroxylation sites is 3. The molecule has 0 radical (unpaired) electrons. The summed E-state index contributed by atoms with van der Waals surface area (Å²) in [5.74, 6) is 0. The average molecular weight is 663 g/mol. The Labute approximate surface area is 303 Å². The molecule has 244 valence electrons. The lowest BCUT2D eigenvalue weighted by Crippen LogP contribution is -2.11. The second-order valence-electron chi connectivity index (χ2n) is 13.3. The zero-order valence-electron chi connectivity index (χ0n) is 28.5. The van der Waals surface area contributed by atoms with E-state index < -0.39 is 0 Å². The first-order chi connectivity index (χ1) is 25.8. The lowest BCUT2D eigenvalue weighted by Gasteiger charge is -2.29. The lowest BCUT2D eigenvalue weighted by molar-refractivity contribution is 1.19. The van der Waals surface area contributed by atoms with Crippen molar-refractivity contribution in [2.24, 2.45) is 0 Å². The van der Waals surface area contributed by atoms with Gasteiger partial charge in [-0.2, -0.15) is 0 Å². The maximum atomic E-state index is 2.42. The van der Waals surface area contributed by atoms with E-state index in [1.807, 2.05) is 0 Å². The quantitative estimate of drug-likeness (QED) is 0.172. The molecule has 10 rings (SSSR count). The Bertz CT molecular complexity index is 2840. The maximum absolute atomic E-state index is 2.42. The van der Waals surface area contributed by atoms with E-state index in [0.717, 1.165) is 22.7 Å². The fourth-order valence-electron chi connectivity index (χ4n) is 8.00. The number of hydrogen-bond donors (Lipinski definition) is 0. The first-order valence-electron chi connectivity index (χ1n) is 17.9. The Morgan fingerprint density at radius 2 is 0.865 bits per heavy atom. The standard InChI is InChI=1S/C50H34N2/c1-2-15-35(16-3-1)42-22-8-11-25-47(42)51(48-28-14-19-36-17-4-7-21-43(36)48)39-31-29-37(30-32-39)46-34-40(33-38-18-5-6-20-41(38)46)52-49-26-12-9-23-44(49)45-24-10-13-27-50(45)52/h1-34H. The molecule has 0 saturated heterocycles. The molecule has 10 aromatic rings. The van der Waals surface area contributed by atoms with Crippen LogP contribution in [-0.2, 0) is 0 Å². The van der Waals surface area contributed by atoms with E-state index in [9.17, 15) is 0 Å². The monoisotopic (exact) mass is 662 g/mol. The molecule has 0 bridgehead atoms. The van der Waals surface area contributed by atoms with Gasteiger partial charge in [0.05, 0.1) is 22.4 Å². The van der Waals surface area contributed by atoms with Crippen molar-refractivity contribution in [2.75, 3.05) is 4.90 Å². The van der Waals surface area contributed by atoms with Crippen LogP contribution in [0.3, 0.4) is 0 Å². The molecule has 1 heterocycles. The van der Waals surface area contributed by atoms with Crippen molar-refractivity contribution in [3.05, 3.63) is 206 Å². The molecule has 2 heteroatoms. The first-order valence-corrected chi connectivity index (χ1v) is 17.9. The molecule has 9 aromatic carbocycles. The van der Waals surface area contributed by atoms with Gasteiger partial charge in [0.25, 0.3) is 0 Å². The molecule has 0 N–H and O–H groups in total. The van der Waals surface area contributed by atoms with Crippen LogP contribution in [0, 0.1) is 0 Å². The molecule has 0 atom stereocenters. The topological polar surface area (TPSA) is 8.17 Å². The largest absolute Gasteiger partial charge is 0.309 e. The van der Waals surface area contributed by atoms with E-state index >= 15 is 0 Å². The molecular formula is C50H34N2. The van der Waals surface area contributed by atoms with Crippen molar-refractivity contribution in [2.45, 2.75) is 0 Å². The highest BCUT2D eigenvalue weighted by molar-refractivity contribution is 6.10. The second kappa shape index (κ2) is 12.5. The lowest BCUT2D eigenvalue weighted by atomic mass is 9.96. The summed E-state index contributed by atoms with van der Waals surface area (Å²) in [6, 6.07) is 74.7. The number of anilines is 3. The third kappa shape index (κ3) is 4.96. The number of rotatable bonds is 6. The van der Waals surface area contributed by atoms with Gasteiger partial charge in [-0.25, -0.2) is 0 Å². The third-order valence-corrected chi connectivity index (χ3v) is 10.4. The molecule has 52 heavy (non-hydrogen) atoms. The summed E-state index contributed by atoms with van der Waals surface area (Å²) in [6.45, 7) is 0. The molecule has 0 fully saturated rings. The van der Waals surface area contributed by atoms with Crippen molar-refractivity contribution in [1.82, 2.24) is 4.57 Å². The van der Waals surface area contributed by atoms with Crippen LogP contribution in [0.1, 0.15) is 0 Å². The van der Waals surface area contributed by atoms with E-state index in [1.165, 1.54) is 65.6 Å². The Kier molecular flexibility index (Phi) is 7.18. The van der Waals surface area contributed by atoms with Gasteiger partial charge in [-0.15, -0.1) is 0 Å². The van der Waals surface area contributed by atoms with Gasteiger partial charge in [0.15, 0.2) is 0 Å². The van der Waals surface area contributed by atoms with Gasteiger partial charge < -0.3 is 9.47 Å². The summed E-state index contributed by atoms with van der Waals surface area (Å²) in [5, 5.41) is 7.41. The summed E-state index contributed by atoms with van der Waals surface area (Å²) in [6.07, 6.45) is 0. The van der Waals surface area contributed by atoms with Crippen molar-refractivity contribution in [3.8, 4) is 27.9 Å². The van der Waals surface area contributed by atoms with Crippen LogP contribution in [0.25, 0.3) is 71.3 Å². The second-order valence-corrected chi connectivity index (χ2v) is 13.3. The molecule has 0 saturated carbocycles. The molecule has 2 nitrogen and oxygen atoms in total. The fourth-order valence-corrected chi connectivity index (χ4v) is 8.00. The molecule has 0 aliphatic carbocycles. The van der Waals surface area contributed by atoms with Crippen molar-refractivity contribution in [1.29, 1.82) is 0 Å². The van der Waals surface area contributed by atoms with Crippen LogP contribution in [0.5, 0.6) is 0 Å². The van der Waals surface area contributed by atoms with Crippen LogP contribution in [0.2, 0.25) is 0 Å². The fraction of sp³-hybridized carbons (Fsp3) is 0. The molecule has 0 amide bonds. The van der Waals surface area contributed by atoms with Crippen LogP contribution in [0.15, 0.2) is 206 Å². The van der Waals surface area contributed by atoms with Crippen molar-refractivity contribution >= 4 is 60.4 Å². The van der Waals surface area contributed by atoms with E-state index in [1.54, 1.807) is 0 Å². The Morgan fingerprint density at radius 1 is 0.327 bits per heavy atom. The van der Waals surface area contributed by atoms with E-state index in [4.69, 9.17) is 0 Å². The highest BCUT2D eigenvalue weighted by Crippen LogP contribution is 2.44. The normalized spacial score (nSPS) is 11.5. The summed E-state index contributed by atoms with van der Waals surface area (Å²) in [4.78, 5) is 2.42. The SMILES string of the molecule is c1ccc(-c2ccccc2N(c2ccc(-c3cc(-n4c5ccccc5c5ccccc54)cc4ccccc34)cc2)c2cccc3ccccc23)cc1. The van der Waals surface area contributed by atoms with E-state index in [-0.39, 0.29) is 0 Å². The molecular weight excluding hydrogens is 629 g/mol. The van der Waals surface area contributed by atoms with Gasteiger partial charge in [0.2, 0.25) is 0 Å². The van der Waals surface area contributed by atoms with Gasteiger partial charge in [-0.05, 0) is 81.4 Å². The van der Waals surface area contributed by atoms with Crippen molar-refractivity contribution < 1.29 is 0 Å². The minimum atomic E-state index is 1.10. The van der Waals surface area contributed by atoms with Gasteiger partial charge >= 0.3 is 0 Å². The summed E-state index contributed by atoms with van der Waals surface area (Å²) in [7, 11) is 0. The minimum absolute atomic E-state index is 1.10. The van der Waals surface area contributed by atoms with Crippen molar-refractivity contribution in [3.63, 3.8) is 0 Å². The first kappa shape index (κ1) is 30.0. The zero-order chi connectivity index (χ0) is 34.4. The Hall–Kier alpha value is -6.90. The predicted octanol–water partition coefficient (Wildman–Crippen LogP) is 13.9. The number of fused-ring (bicyclic) bond motifs is 5. The van der Waals surface area contributed by atoms with Gasteiger partial charge in [0, 0.05) is 33.1 Å².